The largest absolute Gasteiger partial charge is 0.355 e. The van der Waals surface area contributed by atoms with Gasteiger partial charge in [0.1, 0.15) is 5.69 Å². The van der Waals surface area contributed by atoms with E-state index in [4.69, 9.17) is 0 Å². The van der Waals surface area contributed by atoms with E-state index in [9.17, 15) is 9.59 Å². The Hall–Kier alpha value is -2.60. The number of amides is 2. The molecule has 1 aromatic heterocycles. The van der Waals surface area contributed by atoms with Gasteiger partial charge in [0.25, 0.3) is 11.8 Å². The van der Waals surface area contributed by atoms with Crippen LogP contribution >= 0.6 is 0 Å². The Morgan fingerprint density at radius 3 is 2.59 bits per heavy atom. The monoisotopic (exact) mass is 368 g/mol. The summed E-state index contributed by atoms with van der Waals surface area (Å²) >= 11 is 0. The number of piperidine rings is 1. The molecule has 2 heterocycles. The van der Waals surface area contributed by atoms with Gasteiger partial charge in [0, 0.05) is 38.9 Å². The minimum absolute atomic E-state index is 0.0651. The summed E-state index contributed by atoms with van der Waals surface area (Å²) in [6, 6.07) is 12.0. The second kappa shape index (κ2) is 8.39. The number of carbonyl (C=O) groups excluding carboxylic acids is 2. The summed E-state index contributed by atoms with van der Waals surface area (Å²) in [7, 11) is 5.26. The maximum absolute atomic E-state index is 12.0. The van der Waals surface area contributed by atoms with Crippen LogP contribution in [0.1, 0.15) is 57.4 Å². The van der Waals surface area contributed by atoms with Gasteiger partial charge in [-0.1, -0.05) is 18.6 Å². The molecule has 27 heavy (non-hydrogen) atoms. The third kappa shape index (κ3) is 4.06. The lowest BCUT2D eigenvalue weighted by Gasteiger charge is -2.36. The number of nitrogens with zero attached hydrogens (tertiary/aromatic N) is 2. The van der Waals surface area contributed by atoms with Crippen LogP contribution in [0, 0.1) is 0 Å². The molecule has 0 spiro atoms. The van der Waals surface area contributed by atoms with Gasteiger partial charge in [-0.3, -0.25) is 14.5 Å². The molecule has 2 N–H and O–H groups in total. The molecule has 1 aromatic carbocycles. The Morgan fingerprint density at radius 1 is 1.07 bits per heavy atom. The van der Waals surface area contributed by atoms with Gasteiger partial charge in [-0.15, -0.1) is 0 Å². The summed E-state index contributed by atoms with van der Waals surface area (Å²) in [5, 5.41) is 5.38. The van der Waals surface area contributed by atoms with Gasteiger partial charge in [-0.25, -0.2) is 0 Å². The molecular formula is C21H28N4O2. The molecule has 1 fully saturated rings. The number of benzene rings is 1. The van der Waals surface area contributed by atoms with Crippen molar-refractivity contribution in [2.24, 2.45) is 7.05 Å². The van der Waals surface area contributed by atoms with Crippen LogP contribution in [-0.4, -0.2) is 41.9 Å². The van der Waals surface area contributed by atoms with E-state index in [1.54, 1.807) is 14.1 Å². The molecule has 2 amide bonds. The minimum atomic E-state index is -0.0654. The van der Waals surface area contributed by atoms with Gasteiger partial charge >= 0.3 is 0 Å². The standard InChI is InChI=1S/C21H28N4O2/c1-22-20(26)16-8-6-7-15(13-16)14-25-12-5-4-9-18(25)17-10-11-19(24(17)3)21(27)23-2/h6-8,10-11,13,18H,4-5,9,12,14H2,1-3H3,(H,22,26)(H,23,27)/t18-/m0/s1. The van der Waals surface area contributed by atoms with Crippen molar-refractivity contribution in [2.75, 3.05) is 20.6 Å². The number of likely N-dealkylation sites (tertiary alicyclic amines) is 1. The van der Waals surface area contributed by atoms with E-state index >= 15 is 0 Å². The van der Waals surface area contributed by atoms with E-state index in [0.717, 1.165) is 30.8 Å². The summed E-state index contributed by atoms with van der Waals surface area (Å²) in [6.45, 7) is 1.80. The lowest BCUT2D eigenvalue weighted by molar-refractivity contribution is 0.0948. The van der Waals surface area contributed by atoms with Gasteiger partial charge in [-0.2, -0.15) is 0 Å². The number of hydrogen-bond donors (Lipinski definition) is 2. The van der Waals surface area contributed by atoms with Crippen LogP contribution in [0.15, 0.2) is 36.4 Å². The topological polar surface area (TPSA) is 66.4 Å². The Bertz CT molecular complexity index is 827. The summed E-state index contributed by atoms with van der Waals surface area (Å²) in [5.74, 6) is -0.130. The number of carbonyl (C=O) groups is 2. The highest BCUT2D eigenvalue weighted by molar-refractivity contribution is 5.94. The predicted octanol–water partition coefficient (Wildman–Crippen LogP) is 2.47. The summed E-state index contributed by atoms with van der Waals surface area (Å²) in [4.78, 5) is 26.4. The van der Waals surface area contributed by atoms with Crippen molar-refractivity contribution < 1.29 is 9.59 Å². The molecule has 2 aromatic rings. The Balaban J connectivity index is 1.84. The van der Waals surface area contributed by atoms with Gasteiger partial charge in [0.15, 0.2) is 0 Å². The Labute approximate surface area is 160 Å². The van der Waals surface area contributed by atoms with Crippen molar-refractivity contribution in [3.63, 3.8) is 0 Å². The van der Waals surface area contributed by atoms with E-state index < -0.39 is 0 Å². The smallest absolute Gasteiger partial charge is 0.267 e. The fourth-order valence-corrected chi connectivity index (χ4v) is 3.92. The summed E-state index contributed by atoms with van der Waals surface area (Å²) in [6.07, 6.45) is 3.42. The molecule has 6 heteroatoms. The molecule has 1 aliphatic rings. The lowest BCUT2D eigenvalue weighted by atomic mass is 9.98. The van der Waals surface area contributed by atoms with Gasteiger partial charge in [0.05, 0.1) is 6.04 Å². The van der Waals surface area contributed by atoms with Crippen molar-refractivity contribution in [3.8, 4) is 0 Å². The highest BCUT2D eigenvalue weighted by Crippen LogP contribution is 2.33. The number of rotatable bonds is 5. The fraction of sp³-hybridized carbons (Fsp3) is 0.429. The van der Waals surface area contributed by atoms with Crippen molar-refractivity contribution in [1.29, 1.82) is 0 Å². The molecule has 0 saturated carbocycles. The first kappa shape index (κ1) is 19.2. The molecule has 6 nitrogen and oxygen atoms in total. The van der Waals surface area contributed by atoms with Crippen molar-refractivity contribution >= 4 is 11.8 Å². The number of aromatic nitrogens is 1. The first-order chi connectivity index (χ1) is 13.0. The fourth-order valence-electron chi connectivity index (χ4n) is 3.92. The van der Waals surface area contributed by atoms with E-state index in [2.05, 4.69) is 27.7 Å². The SMILES string of the molecule is CNC(=O)c1cccc(CN2CCCC[C@H]2c2ccc(C(=O)NC)n2C)c1. The van der Waals surface area contributed by atoms with E-state index in [0.29, 0.717) is 11.3 Å². The highest BCUT2D eigenvalue weighted by Gasteiger charge is 2.27. The van der Waals surface area contributed by atoms with Crippen LogP contribution in [0.2, 0.25) is 0 Å². The molecule has 0 unspecified atom stereocenters. The molecule has 3 rings (SSSR count). The minimum Gasteiger partial charge on any atom is -0.355 e. The Morgan fingerprint density at radius 2 is 1.85 bits per heavy atom. The molecule has 144 valence electrons. The third-order valence-electron chi connectivity index (χ3n) is 5.38. The summed E-state index contributed by atoms with van der Waals surface area (Å²) in [5.41, 5.74) is 3.66. The number of hydrogen-bond acceptors (Lipinski definition) is 3. The zero-order valence-electron chi connectivity index (χ0n) is 16.3. The van der Waals surface area contributed by atoms with Gasteiger partial charge in [-0.05, 0) is 49.2 Å². The van der Waals surface area contributed by atoms with Crippen LogP contribution in [0.25, 0.3) is 0 Å². The molecule has 0 radical (unpaired) electrons. The molecule has 1 atom stereocenters. The lowest BCUT2D eigenvalue weighted by Crippen LogP contribution is -2.34. The average Bonchev–Trinajstić information content (AvgIpc) is 3.08. The first-order valence-electron chi connectivity index (χ1n) is 9.48. The average molecular weight is 368 g/mol. The van der Waals surface area contributed by atoms with Gasteiger partial charge in [0.2, 0.25) is 0 Å². The zero-order chi connectivity index (χ0) is 19.4. The maximum Gasteiger partial charge on any atom is 0.267 e. The predicted molar refractivity (Wildman–Crippen MR) is 106 cm³/mol. The Kier molecular flexibility index (Phi) is 5.96. The zero-order valence-corrected chi connectivity index (χ0v) is 16.3. The molecular weight excluding hydrogens is 340 g/mol. The van der Waals surface area contributed by atoms with Crippen LogP contribution in [0.5, 0.6) is 0 Å². The van der Waals surface area contributed by atoms with Crippen molar-refractivity contribution in [1.82, 2.24) is 20.1 Å². The quantitative estimate of drug-likeness (QED) is 0.852. The third-order valence-corrected chi connectivity index (χ3v) is 5.38. The van der Waals surface area contributed by atoms with E-state index in [1.165, 1.54) is 12.8 Å². The van der Waals surface area contributed by atoms with Crippen LogP contribution in [0.4, 0.5) is 0 Å². The van der Waals surface area contributed by atoms with E-state index in [-0.39, 0.29) is 17.9 Å². The maximum atomic E-state index is 12.0. The second-order valence-corrected chi connectivity index (χ2v) is 7.04. The van der Waals surface area contributed by atoms with Crippen LogP contribution < -0.4 is 10.6 Å². The van der Waals surface area contributed by atoms with Crippen molar-refractivity contribution in [2.45, 2.75) is 31.8 Å². The summed E-state index contributed by atoms with van der Waals surface area (Å²) < 4.78 is 2.00. The highest BCUT2D eigenvalue weighted by atomic mass is 16.2. The van der Waals surface area contributed by atoms with Crippen molar-refractivity contribution in [3.05, 3.63) is 58.9 Å². The molecule has 1 saturated heterocycles. The first-order valence-corrected chi connectivity index (χ1v) is 9.48. The normalized spacial score (nSPS) is 17.5. The second-order valence-electron chi connectivity index (χ2n) is 7.04. The number of nitrogens with one attached hydrogen (secondary N) is 2. The van der Waals surface area contributed by atoms with Crippen LogP contribution in [0.3, 0.4) is 0 Å². The van der Waals surface area contributed by atoms with Gasteiger partial charge < -0.3 is 15.2 Å². The van der Waals surface area contributed by atoms with Crippen LogP contribution in [-0.2, 0) is 13.6 Å². The molecule has 0 bridgehead atoms. The van der Waals surface area contributed by atoms with E-state index in [1.807, 2.05) is 35.9 Å². The molecule has 1 aliphatic heterocycles. The molecule has 0 aliphatic carbocycles.